The van der Waals surface area contributed by atoms with Crippen molar-refractivity contribution in [1.82, 2.24) is 0 Å². The first-order chi connectivity index (χ1) is 6.04. The number of aliphatic hydroxyl groups excluding tert-OH is 2. The largest absolute Gasteiger partial charge is 0.396 e. The van der Waals surface area contributed by atoms with E-state index < -0.39 is 11.7 Å². The fourth-order valence-corrected chi connectivity index (χ4v) is 3.26. The Morgan fingerprint density at radius 1 is 1.31 bits per heavy atom. The van der Waals surface area contributed by atoms with Gasteiger partial charge in [-0.05, 0) is 25.7 Å². The van der Waals surface area contributed by atoms with Crippen molar-refractivity contribution >= 4 is 0 Å². The van der Waals surface area contributed by atoms with Crippen LogP contribution in [0.4, 0.5) is 0 Å². The van der Waals surface area contributed by atoms with Crippen molar-refractivity contribution in [2.75, 3.05) is 6.61 Å². The van der Waals surface area contributed by atoms with E-state index in [0.717, 1.165) is 12.8 Å². The molecule has 0 aliphatic heterocycles. The molecule has 2 aliphatic carbocycles. The molecule has 4 atom stereocenters. The lowest BCUT2D eigenvalue weighted by atomic mass is 9.75. The predicted octanol–water partition coefficient (Wildman–Crippen LogP) is 0.281. The third-order valence-electron chi connectivity index (χ3n) is 4.43. The smallest absolute Gasteiger partial charge is 0.0776 e. The summed E-state index contributed by atoms with van der Waals surface area (Å²) in [5, 5.41) is 29.3. The van der Waals surface area contributed by atoms with Crippen LogP contribution in [-0.2, 0) is 0 Å². The lowest BCUT2D eigenvalue weighted by Crippen LogP contribution is -2.47. The highest BCUT2D eigenvalue weighted by atomic mass is 16.3. The first kappa shape index (κ1) is 9.44. The van der Waals surface area contributed by atoms with E-state index in [0.29, 0.717) is 12.8 Å². The predicted molar refractivity (Wildman–Crippen MR) is 48.1 cm³/mol. The maximum absolute atomic E-state index is 10.4. The second-order valence-corrected chi connectivity index (χ2v) is 4.81. The number of hydrogen-bond acceptors (Lipinski definition) is 3. The lowest BCUT2D eigenvalue weighted by Gasteiger charge is -2.38. The third-order valence-corrected chi connectivity index (χ3v) is 4.43. The maximum atomic E-state index is 10.4. The minimum atomic E-state index is -0.818. The molecule has 0 aromatic heterocycles. The summed E-state index contributed by atoms with van der Waals surface area (Å²) in [5.74, 6) is -0.0327. The van der Waals surface area contributed by atoms with Gasteiger partial charge in [-0.15, -0.1) is 0 Å². The standard InChI is InChI=1S/C10H18O3/c1-9-4-2-7(6-11)10(9,13)5-3-8(9)12/h7-8,11-13H,2-6H2,1H3. The minimum absolute atomic E-state index is 0.0327. The van der Waals surface area contributed by atoms with E-state index in [2.05, 4.69) is 0 Å². The molecule has 0 spiro atoms. The molecule has 0 aromatic rings. The van der Waals surface area contributed by atoms with Crippen molar-refractivity contribution in [2.24, 2.45) is 11.3 Å². The number of fused-ring (bicyclic) bond motifs is 1. The molecule has 2 rings (SSSR count). The van der Waals surface area contributed by atoms with E-state index in [-0.39, 0.29) is 17.9 Å². The zero-order valence-electron chi connectivity index (χ0n) is 8.03. The SMILES string of the molecule is CC12CCC(CO)C1(O)CCC2O. The third kappa shape index (κ3) is 0.953. The fourth-order valence-electron chi connectivity index (χ4n) is 3.26. The van der Waals surface area contributed by atoms with Crippen LogP contribution in [0, 0.1) is 11.3 Å². The molecule has 2 saturated carbocycles. The zero-order chi connectivity index (χ0) is 9.69. The molecule has 76 valence electrons. The van der Waals surface area contributed by atoms with Crippen molar-refractivity contribution in [3.05, 3.63) is 0 Å². The van der Waals surface area contributed by atoms with Gasteiger partial charge in [0.1, 0.15) is 0 Å². The van der Waals surface area contributed by atoms with E-state index in [9.17, 15) is 10.2 Å². The van der Waals surface area contributed by atoms with Gasteiger partial charge in [0.05, 0.1) is 11.7 Å². The molecule has 0 saturated heterocycles. The van der Waals surface area contributed by atoms with Crippen LogP contribution < -0.4 is 0 Å². The van der Waals surface area contributed by atoms with Gasteiger partial charge < -0.3 is 15.3 Å². The van der Waals surface area contributed by atoms with Crippen molar-refractivity contribution in [3.63, 3.8) is 0 Å². The molecule has 3 nitrogen and oxygen atoms in total. The van der Waals surface area contributed by atoms with Crippen molar-refractivity contribution in [1.29, 1.82) is 0 Å². The van der Waals surface area contributed by atoms with Gasteiger partial charge in [-0.1, -0.05) is 6.92 Å². The molecule has 4 unspecified atom stereocenters. The van der Waals surface area contributed by atoms with Crippen LogP contribution in [0.3, 0.4) is 0 Å². The van der Waals surface area contributed by atoms with Gasteiger partial charge in [-0.3, -0.25) is 0 Å². The van der Waals surface area contributed by atoms with Gasteiger partial charge in [-0.2, -0.15) is 0 Å². The molecule has 2 aliphatic rings. The van der Waals surface area contributed by atoms with Crippen LogP contribution in [-0.4, -0.2) is 33.6 Å². The average Bonchev–Trinajstić information content (AvgIpc) is 2.48. The highest BCUT2D eigenvalue weighted by Gasteiger charge is 2.63. The monoisotopic (exact) mass is 186 g/mol. The molecule has 3 heteroatoms. The van der Waals surface area contributed by atoms with Crippen LogP contribution >= 0.6 is 0 Å². The quantitative estimate of drug-likeness (QED) is 0.551. The van der Waals surface area contributed by atoms with Crippen LogP contribution in [0.5, 0.6) is 0 Å². The van der Waals surface area contributed by atoms with Crippen molar-refractivity contribution in [3.8, 4) is 0 Å². The summed E-state index contributed by atoms with van der Waals surface area (Å²) in [7, 11) is 0. The molecular weight excluding hydrogens is 168 g/mol. The van der Waals surface area contributed by atoms with Gasteiger partial charge in [0.25, 0.3) is 0 Å². The molecule has 2 fully saturated rings. The van der Waals surface area contributed by atoms with Gasteiger partial charge in [0.2, 0.25) is 0 Å². The number of hydrogen-bond donors (Lipinski definition) is 3. The molecule has 0 radical (unpaired) electrons. The zero-order valence-corrected chi connectivity index (χ0v) is 8.03. The molecule has 0 aromatic carbocycles. The van der Waals surface area contributed by atoms with E-state index in [4.69, 9.17) is 5.11 Å². The summed E-state index contributed by atoms with van der Waals surface area (Å²) >= 11 is 0. The molecule has 0 amide bonds. The molecule has 3 N–H and O–H groups in total. The normalized spacial score (nSPS) is 55.4. The summed E-state index contributed by atoms with van der Waals surface area (Å²) in [5.41, 5.74) is -1.19. The first-order valence-corrected chi connectivity index (χ1v) is 5.06. The number of aliphatic hydroxyl groups is 3. The Kier molecular flexibility index (Phi) is 1.95. The van der Waals surface area contributed by atoms with Crippen molar-refractivity contribution < 1.29 is 15.3 Å². The summed E-state index contributed by atoms with van der Waals surface area (Å²) < 4.78 is 0. The Hall–Kier alpha value is -0.120. The van der Waals surface area contributed by atoms with Crippen molar-refractivity contribution in [2.45, 2.75) is 44.3 Å². The van der Waals surface area contributed by atoms with Gasteiger partial charge >= 0.3 is 0 Å². The van der Waals surface area contributed by atoms with Gasteiger partial charge in [-0.25, -0.2) is 0 Å². The summed E-state index contributed by atoms with van der Waals surface area (Å²) in [4.78, 5) is 0. The Labute approximate surface area is 78.4 Å². The molecule has 0 heterocycles. The Bertz CT molecular complexity index is 218. The topological polar surface area (TPSA) is 60.7 Å². The summed E-state index contributed by atoms with van der Waals surface area (Å²) in [6.45, 7) is 1.99. The molecular formula is C10H18O3. The Morgan fingerprint density at radius 3 is 2.62 bits per heavy atom. The fraction of sp³-hybridized carbons (Fsp3) is 1.00. The number of rotatable bonds is 1. The first-order valence-electron chi connectivity index (χ1n) is 5.06. The lowest BCUT2D eigenvalue weighted by molar-refractivity contribution is -0.100. The Balaban J connectivity index is 2.32. The van der Waals surface area contributed by atoms with Crippen LogP contribution in [0.1, 0.15) is 32.6 Å². The van der Waals surface area contributed by atoms with Crippen LogP contribution in [0.2, 0.25) is 0 Å². The maximum Gasteiger partial charge on any atom is 0.0776 e. The Morgan fingerprint density at radius 2 is 2.00 bits per heavy atom. The van der Waals surface area contributed by atoms with Crippen LogP contribution in [0.25, 0.3) is 0 Å². The highest BCUT2D eigenvalue weighted by molar-refractivity contribution is 5.13. The van der Waals surface area contributed by atoms with E-state index in [1.807, 2.05) is 6.92 Å². The molecule has 0 bridgehead atoms. The summed E-state index contributed by atoms with van der Waals surface area (Å²) in [6.07, 6.45) is 2.57. The summed E-state index contributed by atoms with van der Waals surface area (Å²) in [6, 6.07) is 0. The van der Waals surface area contributed by atoms with Gasteiger partial charge in [0, 0.05) is 17.9 Å². The second-order valence-electron chi connectivity index (χ2n) is 4.81. The minimum Gasteiger partial charge on any atom is -0.396 e. The van der Waals surface area contributed by atoms with Crippen LogP contribution in [0.15, 0.2) is 0 Å². The highest BCUT2D eigenvalue weighted by Crippen LogP contribution is 2.59. The van der Waals surface area contributed by atoms with E-state index in [1.165, 1.54) is 0 Å². The van der Waals surface area contributed by atoms with E-state index in [1.54, 1.807) is 0 Å². The van der Waals surface area contributed by atoms with E-state index >= 15 is 0 Å². The second kappa shape index (κ2) is 2.69. The van der Waals surface area contributed by atoms with Gasteiger partial charge in [0.15, 0.2) is 0 Å². The molecule has 13 heavy (non-hydrogen) atoms. The average molecular weight is 186 g/mol.